The summed E-state index contributed by atoms with van der Waals surface area (Å²) in [6.07, 6.45) is 0. The highest BCUT2D eigenvalue weighted by molar-refractivity contribution is 7.99. The topological polar surface area (TPSA) is 126 Å². The second-order valence-electron chi connectivity index (χ2n) is 6.51. The molecule has 0 amide bonds. The zero-order valence-electron chi connectivity index (χ0n) is 16.8. The quantitative estimate of drug-likeness (QED) is 0.151. The number of benzene rings is 2. The van der Waals surface area contributed by atoms with Gasteiger partial charge in [-0.2, -0.15) is 0 Å². The number of aliphatic hydroxyl groups excluding tert-OH is 1. The maximum Gasteiger partial charge on any atom is 0.345 e. The minimum Gasteiger partial charge on any atom is -0.510 e. The molecule has 11 heteroatoms. The zero-order valence-corrected chi connectivity index (χ0v) is 18.4. The van der Waals surface area contributed by atoms with Crippen molar-refractivity contribution in [2.45, 2.75) is 11.8 Å². The maximum absolute atomic E-state index is 12.3. The number of para-hydroxylation sites is 2. The number of carbonyl (C=O) groups is 1. The molecule has 9 nitrogen and oxygen atoms in total. The molecule has 4 rings (SSSR count). The van der Waals surface area contributed by atoms with E-state index >= 15 is 0 Å². The second-order valence-corrected chi connectivity index (χ2v) is 7.89. The standard InChI is InChI=1S/C21H18ClN5O4S/c1-30-20(29)18(19-23-14-4-2-3-5-15(14)24-19)16(28)11-32-21-25-17(26-27-21)10-31-13-8-6-12(22)7-9-13/h2-9,28H,10-11H2,1H3,(H,23,24)(H,25,26,27)/b18-16+. The Kier molecular flexibility index (Phi) is 6.62. The van der Waals surface area contributed by atoms with Gasteiger partial charge in [0.2, 0.25) is 5.16 Å². The summed E-state index contributed by atoms with van der Waals surface area (Å²) in [5, 5.41) is 18.5. The van der Waals surface area contributed by atoms with Gasteiger partial charge in [-0.25, -0.2) is 14.8 Å². The molecule has 2 aromatic carbocycles. The van der Waals surface area contributed by atoms with Crippen LogP contribution in [0.15, 0.2) is 59.4 Å². The molecular weight excluding hydrogens is 454 g/mol. The summed E-state index contributed by atoms with van der Waals surface area (Å²) in [5.74, 6) is 0.518. The van der Waals surface area contributed by atoms with Gasteiger partial charge in [0, 0.05) is 5.02 Å². The molecule has 0 saturated heterocycles. The monoisotopic (exact) mass is 471 g/mol. The molecule has 0 unspecified atom stereocenters. The Morgan fingerprint density at radius 1 is 1.16 bits per heavy atom. The van der Waals surface area contributed by atoms with Gasteiger partial charge in [-0.1, -0.05) is 35.5 Å². The number of hydrogen-bond acceptors (Lipinski definition) is 8. The highest BCUT2D eigenvalue weighted by Gasteiger charge is 2.22. The first-order valence-corrected chi connectivity index (χ1v) is 10.8. The van der Waals surface area contributed by atoms with Crippen molar-refractivity contribution in [1.29, 1.82) is 0 Å². The van der Waals surface area contributed by atoms with Crippen molar-refractivity contribution >= 4 is 45.9 Å². The number of aromatic amines is 2. The van der Waals surface area contributed by atoms with Crippen molar-refractivity contribution in [3.8, 4) is 5.75 Å². The lowest BCUT2D eigenvalue weighted by atomic mass is 10.2. The Labute approximate surface area is 191 Å². The van der Waals surface area contributed by atoms with Gasteiger partial charge in [0.15, 0.2) is 5.82 Å². The summed E-state index contributed by atoms with van der Waals surface area (Å²) in [5.41, 5.74) is 1.37. The average Bonchev–Trinajstić information content (AvgIpc) is 3.44. The molecule has 0 bridgehead atoms. The number of halogens is 1. The Bertz CT molecular complexity index is 1240. The van der Waals surface area contributed by atoms with Gasteiger partial charge in [0.1, 0.15) is 29.5 Å². The largest absolute Gasteiger partial charge is 0.510 e. The SMILES string of the molecule is COC(=O)/C(=C(/O)CSc1n[nH]c(COc2ccc(Cl)cc2)n1)c1nc2ccccc2[nH]1. The lowest BCUT2D eigenvalue weighted by molar-refractivity contribution is -0.133. The number of ether oxygens (including phenoxy) is 2. The number of nitrogens with zero attached hydrogens (tertiary/aromatic N) is 3. The van der Waals surface area contributed by atoms with E-state index in [-0.39, 0.29) is 29.5 Å². The number of aromatic nitrogens is 5. The Morgan fingerprint density at radius 3 is 2.69 bits per heavy atom. The van der Waals surface area contributed by atoms with Crippen molar-refractivity contribution in [1.82, 2.24) is 25.1 Å². The van der Waals surface area contributed by atoms with Gasteiger partial charge in [-0.05, 0) is 36.4 Å². The van der Waals surface area contributed by atoms with E-state index < -0.39 is 5.97 Å². The van der Waals surface area contributed by atoms with E-state index in [4.69, 9.17) is 21.1 Å². The molecule has 4 aromatic rings. The van der Waals surface area contributed by atoms with Crippen LogP contribution in [-0.4, -0.2) is 49.1 Å². The molecule has 0 saturated carbocycles. The molecule has 0 fully saturated rings. The fraction of sp³-hybridized carbons (Fsp3) is 0.143. The van der Waals surface area contributed by atoms with E-state index in [9.17, 15) is 9.90 Å². The normalized spacial score (nSPS) is 11.9. The molecule has 32 heavy (non-hydrogen) atoms. The summed E-state index contributed by atoms with van der Waals surface area (Å²) >= 11 is 7.00. The first-order valence-electron chi connectivity index (χ1n) is 9.41. The summed E-state index contributed by atoms with van der Waals surface area (Å²) in [6.45, 7) is 0.184. The number of fused-ring (bicyclic) bond motifs is 1. The predicted molar refractivity (Wildman–Crippen MR) is 121 cm³/mol. The van der Waals surface area contributed by atoms with Crippen molar-refractivity contribution in [2.24, 2.45) is 0 Å². The van der Waals surface area contributed by atoms with E-state index in [1.165, 1.54) is 7.11 Å². The zero-order chi connectivity index (χ0) is 22.5. The molecule has 0 radical (unpaired) electrons. The third-order valence-electron chi connectivity index (χ3n) is 4.34. The Balaban J connectivity index is 1.45. The number of imidazole rings is 1. The van der Waals surface area contributed by atoms with Gasteiger partial charge in [0.05, 0.1) is 23.9 Å². The van der Waals surface area contributed by atoms with Crippen LogP contribution < -0.4 is 4.74 Å². The molecule has 3 N–H and O–H groups in total. The lowest BCUT2D eigenvalue weighted by Crippen LogP contribution is -2.09. The molecule has 2 aromatic heterocycles. The van der Waals surface area contributed by atoms with Gasteiger partial charge >= 0.3 is 5.97 Å². The Morgan fingerprint density at radius 2 is 1.94 bits per heavy atom. The first kappa shape index (κ1) is 21.7. The molecule has 0 aliphatic heterocycles. The molecule has 0 spiro atoms. The summed E-state index contributed by atoms with van der Waals surface area (Å²) in [7, 11) is 1.24. The van der Waals surface area contributed by atoms with Gasteiger partial charge in [-0.15, -0.1) is 5.10 Å². The van der Waals surface area contributed by atoms with Crippen LogP contribution in [0.3, 0.4) is 0 Å². The molecule has 0 aliphatic carbocycles. The Hall–Kier alpha value is -3.50. The maximum atomic E-state index is 12.3. The number of carbonyl (C=O) groups excluding carboxylic acids is 1. The van der Waals surface area contributed by atoms with Crippen molar-refractivity contribution < 1.29 is 19.4 Å². The number of hydrogen-bond donors (Lipinski definition) is 3. The third-order valence-corrected chi connectivity index (χ3v) is 5.45. The summed E-state index contributed by atoms with van der Waals surface area (Å²) in [6, 6.07) is 14.3. The van der Waals surface area contributed by atoms with Crippen molar-refractivity contribution in [2.75, 3.05) is 12.9 Å². The minimum atomic E-state index is -0.700. The van der Waals surface area contributed by atoms with Crippen LogP contribution in [0.25, 0.3) is 16.6 Å². The van der Waals surface area contributed by atoms with E-state index in [1.54, 1.807) is 30.3 Å². The van der Waals surface area contributed by atoms with Gasteiger partial charge in [-0.3, -0.25) is 5.10 Å². The van der Waals surface area contributed by atoms with Crippen molar-refractivity contribution in [3.63, 3.8) is 0 Å². The second kappa shape index (κ2) is 9.75. The van der Waals surface area contributed by atoms with E-state index in [2.05, 4.69) is 25.1 Å². The minimum absolute atomic E-state index is 0.0385. The number of esters is 1. The third kappa shape index (κ3) is 5.04. The van der Waals surface area contributed by atoms with Crippen LogP contribution in [0.5, 0.6) is 5.75 Å². The van der Waals surface area contributed by atoms with Crippen LogP contribution >= 0.6 is 23.4 Å². The van der Waals surface area contributed by atoms with Crippen LogP contribution in [0, 0.1) is 0 Å². The molecule has 2 heterocycles. The van der Waals surface area contributed by atoms with Gasteiger partial charge < -0.3 is 19.6 Å². The number of aliphatic hydroxyl groups is 1. The fourth-order valence-electron chi connectivity index (χ4n) is 2.82. The van der Waals surface area contributed by atoms with Crippen LogP contribution in [0.2, 0.25) is 5.02 Å². The van der Waals surface area contributed by atoms with E-state index in [0.717, 1.165) is 17.3 Å². The molecule has 164 valence electrons. The smallest absolute Gasteiger partial charge is 0.345 e. The highest BCUT2D eigenvalue weighted by Crippen LogP contribution is 2.24. The number of thioether (sulfide) groups is 1. The lowest BCUT2D eigenvalue weighted by Gasteiger charge is -2.06. The summed E-state index contributed by atoms with van der Waals surface area (Å²) < 4.78 is 10.5. The average molecular weight is 472 g/mol. The van der Waals surface area contributed by atoms with Gasteiger partial charge in [0.25, 0.3) is 0 Å². The van der Waals surface area contributed by atoms with Crippen LogP contribution in [0.4, 0.5) is 0 Å². The number of methoxy groups -OCH3 is 1. The van der Waals surface area contributed by atoms with Crippen LogP contribution in [-0.2, 0) is 16.1 Å². The highest BCUT2D eigenvalue weighted by atomic mass is 35.5. The first-order chi connectivity index (χ1) is 15.5. The molecule has 0 aliphatic rings. The summed E-state index contributed by atoms with van der Waals surface area (Å²) in [4.78, 5) is 24.0. The number of nitrogens with one attached hydrogen (secondary N) is 2. The van der Waals surface area contributed by atoms with E-state index in [0.29, 0.717) is 27.3 Å². The molecule has 0 atom stereocenters. The van der Waals surface area contributed by atoms with E-state index in [1.807, 2.05) is 18.2 Å². The fourth-order valence-corrected chi connectivity index (χ4v) is 3.64. The predicted octanol–water partition coefficient (Wildman–Crippen LogP) is 4.15. The van der Waals surface area contributed by atoms with Crippen molar-refractivity contribution in [3.05, 3.63) is 71.0 Å². The number of H-pyrrole nitrogens is 2. The number of rotatable bonds is 8. The molecular formula is C21H18ClN5O4S. The van der Waals surface area contributed by atoms with Crippen LogP contribution in [0.1, 0.15) is 11.6 Å².